The summed E-state index contributed by atoms with van der Waals surface area (Å²) in [6.07, 6.45) is 1.69. The second-order valence-corrected chi connectivity index (χ2v) is 13.0. The van der Waals surface area contributed by atoms with Crippen molar-refractivity contribution in [3.05, 3.63) is 39.9 Å². The number of ether oxygens (including phenoxy) is 1. The Hall–Kier alpha value is -1.11. The van der Waals surface area contributed by atoms with E-state index in [0.717, 1.165) is 12.5 Å². The number of carbonyl (C=O) groups excluding carboxylic acids is 1. The maximum atomic E-state index is 11.6. The van der Waals surface area contributed by atoms with Crippen molar-refractivity contribution in [2.24, 2.45) is 0 Å². The Morgan fingerprint density at radius 3 is 2.62 bits per heavy atom. The van der Waals surface area contributed by atoms with E-state index in [1.807, 2.05) is 6.55 Å². The number of unbranched alkanes of at least 4 members (excludes halogenated alkanes) is 1. The van der Waals surface area contributed by atoms with Crippen molar-refractivity contribution in [2.75, 3.05) is 0 Å². The minimum absolute atomic E-state index is 0.0450. The normalized spacial score (nSPS) is 11.2. The predicted octanol–water partition coefficient (Wildman–Crippen LogP) is 4.36. The Bertz CT molecular complexity index is 505. The molecule has 1 aromatic carbocycles. The van der Waals surface area contributed by atoms with Gasteiger partial charge in [0.1, 0.15) is 6.61 Å². The summed E-state index contributed by atoms with van der Waals surface area (Å²) < 4.78 is 5.05. The molecule has 0 aliphatic heterocycles. The van der Waals surface area contributed by atoms with Crippen molar-refractivity contribution < 1.29 is 14.5 Å². The van der Waals surface area contributed by atoms with E-state index in [2.05, 4.69) is 0 Å². The van der Waals surface area contributed by atoms with Gasteiger partial charge in [-0.25, -0.2) is 0 Å². The Morgan fingerprint density at radius 2 is 2.00 bits per heavy atom. The Labute approximate surface area is 133 Å². The summed E-state index contributed by atoms with van der Waals surface area (Å²) in [6, 6.07) is 6.93. The van der Waals surface area contributed by atoms with Crippen LogP contribution in [0.15, 0.2) is 24.3 Å². The summed E-state index contributed by atoms with van der Waals surface area (Å²) in [5.74, 6) is -0.374. The molecule has 0 heterocycles. The molecule has 0 N–H and O–H groups in total. The summed E-state index contributed by atoms with van der Waals surface area (Å²) in [4.78, 5) is 21.9. The fourth-order valence-corrected chi connectivity index (χ4v) is 3.42. The molecule has 0 aliphatic carbocycles. The van der Waals surface area contributed by atoms with Crippen molar-refractivity contribution in [2.45, 2.75) is 38.5 Å². The Morgan fingerprint density at radius 1 is 1.33 bits per heavy atom. The molecule has 5 nitrogen and oxygen atoms in total. The number of halogens is 2. The van der Waals surface area contributed by atoms with Crippen molar-refractivity contribution in [3.8, 4) is 0 Å². The van der Waals surface area contributed by atoms with E-state index < -0.39 is 11.6 Å². The van der Waals surface area contributed by atoms with E-state index >= 15 is 0 Å². The Balaban J connectivity index is 2.35. The summed E-state index contributed by atoms with van der Waals surface area (Å²) in [5.41, 5.74) is 0.341. The average molecular weight is 350 g/mol. The van der Waals surface area contributed by atoms with Crippen LogP contribution in [0.2, 0.25) is 12.6 Å². The van der Waals surface area contributed by atoms with Crippen LogP contribution in [-0.4, -0.2) is 17.6 Å². The first kappa shape index (κ1) is 17.9. The number of para-hydroxylation sites is 1. The highest BCUT2D eigenvalue weighted by molar-refractivity contribution is 7.44. The lowest BCUT2D eigenvalue weighted by atomic mass is 10.2. The van der Waals surface area contributed by atoms with Gasteiger partial charge in [-0.15, -0.1) is 22.2 Å². The van der Waals surface area contributed by atoms with Crippen LogP contribution in [0.1, 0.15) is 24.8 Å². The van der Waals surface area contributed by atoms with Crippen LogP contribution >= 0.6 is 22.2 Å². The predicted molar refractivity (Wildman–Crippen MR) is 84.9 cm³/mol. The van der Waals surface area contributed by atoms with Crippen LogP contribution in [0.5, 0.6) is 0 Å². The highest BCUT2D eigenvalue weighted by Crippen LogP contribution is 2.23. The van der Waals surface area contributed by atoms with Crippen LogP contribution in [0.25, 0.3) is 0 Å². The van der Waals surface area contributed by atoms with Gasteiger partial charge < -0.3 is 4.74 Å². The topological polar surface area (TPSA) is 69.4 Å². The number of hydrogen-bond donors (Lipinski definition) is 0. The zero-order chi connectivity index (χ0) is 15.9. The van der Waals surface area contributed by atoms with Crippen LogP contribution in [0, 0.1) is 10.1 Å². The van der Waals surface area contributed by atoms with Gasteiger partial charge >= 0.3 is 5.97 Å². The van der Waals surface area contributed by atoms with Crippen LogP contribution in [0.3, 0.4) is 0 Å². The van der Waals surface area contributed by atoms with Crippen LogP contribution < -0.4 is 0 Å². The number of nitrogens with zero attached hydrogens (tertiary/aromatic N) is 1. The zero-order valence-corrected chi connectivity index (χ0v) is 14.2. The molecule has 0 radical (unpaired) electrons. The first-order chi connectivity index (χ1) is 9.79. The number of carbonyl (C=O) groups is 1. The lowest BCUT2D eigenvalue weighted by Crippen LogP contribution is -2.12. The van der Waals surface area contributed by atoms with Crippen molar-refractivity contribution in [1.82, 2.24) is 0 Å². The van der Waals surface area contributed by atoms with Gasteiger partial charge in [0.15, 0.2) is 0 Å². The molecule has 1 aromatic rings. The van der Waals surface area contributed by atoms with Gasteiger partial charge in [0, 0.05) is 12.5 Å². The largest absolute Gasteiger partial charge is 0.461 e. The van der Waals surface area contributed by atoms with E-state index in [0.29, 0.717) is 12.0 Å². The summed E-state index contributed by atoms with van der Waals surface area (Å²) >= 11 is 11.9. The summed E-state index contributed by atoms with van der Waals surface area (Å²) in [5, 5.41) is 10.8. The number of hydrogen-bond acceptors (Lipinski definition) is 4. The van der Waals surface area contributed by atoms with E-state index in [4.69, 9.17) is 26.9 Å². The SMILES string of the molecule is C[Si](Cl)(Cl)CCCCC(=O)OCc1ccccc1[N+](=O)[O-]. The summed E-state index contributed by atoms with van der Waals surface area (Å²) in [7, 11) is 0. The number of nitro benzene ring substituents is 1. The van der Waals surface area contributed by atoms with Crippen LogP contribution in [0.4, 0.5) is 5.69 Å². The molecule has 0 aliphatic rings. The molecular formula is C13H17Cl2NO4Si. The van der Waals surface area contributed by atoms with Crippen LogP contribution in [-0.2, 0) is 16.1 Å². The molecule has 0 unspecified atom stereocenters. The number of benzene rings is 1. The fourth-order valence-electron chi connectivity index (χ4n) is 1.75. The minimum Gasteiger partial charge on any atom is -0.461 e. The molecule has 1 rings (SSSR count). The molecule has 0 saturated carbocycles. The molecule has 0 fully saturated rings. The van der Waals surface area contributed by atoms with E-state index in [9.17, 15) is 14.9 Å². The van der Waals surface area contributed by atoms with Gasteiger partial charge in [-0.2, -0.15) is 0 Å². The van der Waals surface area contributed by atoms with Gasteiger partial charge in [0.2, 0.25) is 6.69 Å². The second-order valence-electron chi connectivity index (χ2n) is 4.82. The van der Waals surface area contributed by atoms with Gasteiger partial charge in [-0.05, 0) is 25.1 Å². The van der Waals surface area contributed by atoms with Crippen molar-refractivity contribution in [3.63, 3.8) is 0 Å². The summed E-state index contributed by atoms with van der Waals surface area (Å²) in [6.45, 7) is -0.357. The highest BCUT2D eigenvalue weighted by Gasteiger charge is 2.20. The van der Waals surface area contributed by atoms with E-state index in [1.165, 1.54) is 6.07 Å². The third-order valence-electron chi connectivity index (χ3n) is 2.82. The first-order valence-corrected chi connectivity index (χ1v) is 11.3. The van der Waals surface area contributed by atoms with Gasteiger partial charge in [0.05, 0.1) is 10.5 Å². The van der Waals surface area contributed by atoms with Gasteiger partial charge in [0.25, 0.3) is 5.69 Å². The van der Waals surface area contributed by atoms with Gasteiger partial charge in [-0.1, -0.05) is 18.6 Å². The quantitative estimate of drug-likeness (QED) is 0.174. The number of rotatable bonds is 8. The van der Waals surface area contributed by atoms with Gasteiger partial charge in [-0.3, -0.25) is 14.9 Å². The minimum atomic E-state index is -2.10. The molecule has 0 bridgehead atoms. The molecule has 8 heteroatoms. The molecular weight excluding hydrogens is 333 g/mol. The molecule has 21 heavy (non-hydrogen) atoms. The first-order valence-electron chi connectivity index (χ1n) is 6.55. The standard InChI is InChI=1S/C13H17Cl2NO4Si/c1-21(14,15)9-5-4-8-13(17)20-10-11-6-2-3-7-12(11)16(18)19/h2-3,6-7H,4-5,8-10H2,1H3. The van der Waals surface area contributed by atoms with Crippen molar-refractivity contribution >= 4 is 40.5 Å². The third kappa shape index (κ3) is 7.45. The molecule has 0 saturated heterocycles. The molecule has 0 amide bonds. The maximum Gasteiger partial charge on any atom is 0.306 e. The van der Waals surface area contributed by atoms with E-state index in [-0.39, 0.29) is 24.7 Å². The lowest BCUT2D eigenvalue weighted by molar-refractivity contribution is -0.385. The Kier molecular flexibility index (Phi) is 7.14. The number of esters is 1. The smallest absolute Gasteiger partial charge is 0.306 e. The second kappa shape index (κ2) is 8.36. The van der Waals surface area contributed by atoms with E-state index in [1.54, 1.807) is 18.2 Å². The van der Waals surface area contributed by atoms with Crippen molar-refractivity contribution in [1.29, 1.82) is 0 Å². The fraction of sp³-hybridized carbons (Fsp3) is 0.462. The molecule has 0 spiro atoms. The molecule has 0 aromatic heterocycles. The monoisotopic (exact) mass is 349 g/mol. The molecule has 0 atom stereocenters. The highest BCUT2D eigenvalue weighted by atomic mass is 35.7. The zero-order valence-electron chi connectivity index (χ0n) is 11.7. The average Bonchev–Trinajstić information content (AvgIpc) is 2.40. The number of nitro groups is 1. The molecule has 116 valence electrons. The lowest BCUT2D eigenvalue weighted by Gasteiger charge is -2.09. The third-order valence-corrected chi connectivity index (χ3v) is 5.19. The maximum absolute atomic E-state index is 11.6.